The largest absolute Gasteiger partial charge is 0.439 e. The molecular formula is C17H17ClN2O. The van der Waals surface area contributed by atoms with E-state index < -0.39 is 0 Å². The lowest BCUT2D eigenvalue weighted by molar-refractivity contribution is 0.457. The molecule has 0 spiro atoms. The highest BCUT2D eigenvalue weighted by atomic mass is 35.5. The summed E-state index contributed by atoms with van der Waals surface area (Å²) in [6.07, 6.45) is 7.18. The van der Waals surface area contributed by atoms with Gasteiger partial charge in [-0.3, -0.25) is 0 Å². The summed E-state index contributed by atoms with van der Waals surface area (Å²) in [6.45, 7) is 0. The van der Waals surface area contributed by atoms with E-state index >= 15 is 0 Å². The van der Waals surface area contributed by atoms with Crippen LogP contribution in [0, 0.1) is 0 Å². The fourth-order valence-electron chi connectivity index (χ4n) is 2.88. The number of hydrogen-bond acceptors (Lipinski definition) is 3. The molecule has 1 saturated carbocycles. The Hall–Kier alpha value is -1.61. The molecule has 0 unspecified atom stereocenters. The summed E-state index contributed by atoms with van der Waals surface area (Å²) in [5.74, 6) is 2.67. The molecule has 2 aromatic rings. The highest BCUT2D eigenvalue weighted by molar-refractivity contribution is 6.29. The normalized spacial score (nSPS) is 17.4. The molecule has 0 aliphatic heterocycles. The van der Waals surface area contributed by atoms with Crippen molar-refractivity contribution in [3.63, 3.8) is 0 Å². The maximum atomic E-state index is 6.07. The third-order valence-corrected chi connectivity index (χ3v) is 4.37. The number of aryl methyl sites for hydroxylation is 2. The Morgan fingerprint density at radius 1 is 1.00 bits per heavy atom. The van der Waals surface area contributed by atoms with E-state index in [9.17, 15) is 0 Å². The van der Waals surface area contributed by atoms with Crippen LogP contribution in [0.3, 0.4) is 0 Å². The van der Waals surface area contributed by atoms with Crippen molar-refractivity contribution in [1.29, 1.82) is 0 Å². The van der Waals surface area contributed by atoms with Gasteiger partial charge in [-0.25, -0.2) is 4.98 Å². The highest BCUT2D eigenvalue weighted by Gasteiger charge is 2.27. The lowest BCUT2D eigenvalue weighted by Crippen LogP contribution is -2.02. The van der Waals surface area contributed by atoms with E-state index in [1.54, 1.807) is 6.07 Å². The Balaban J connectivity index is 1.60. The van der Waals surface area contributed by atoms with Gasteiger partial charge in [0.15, 0.2) is 0 Å². The van der Waals surface area contributed by atoms with Crippen molar-refractivity contribution >= 4 is 11.6 Å². The van der Waals surface area contributed by atoms with E-state index in [2.05, 4.69) is 22.1 Å². The minimum absolute atomic E-state index is 0.458. The highest BCUT2D eigenvalue weighted by Crippen LogP contribution is 2.39. The molecule has 0 saturated heterocycles. The molecule has 0 bridgehead atoms. The molecule has 2 aliphatic carbocycles. The zero-order valence-corrected chi connectivity index (χ0v) is 12.6. The van der Waals surface area contributed by atoms with Crippen molar-refractivity contribution in [3.05, 3.63) is 46.4 Å². The average Bonchev–Trinajstić information content (AvgIpc) is 3.31. The average molecular weight is 301 g/mol. The number of hydrogen-bond donors (Lipinski definition) is 0. The monoisotopic (exact) mass is 300 g/mol. The van der Waals surface area contributed by atoms with Crippen molar-refractivity contribution in [2.45, 2.75) is 44.4 Å². The smallest absolute Gasteiger partial charge is 0.224 e. The second kappa shape index (κ2) is 5.30. The molecule has 0 radical (unpaired) electrons. The van der Waals surface area contributed by atoms with Gasteiger partial charge in [-0.15, -0.1) is 0 Å². The number of halogens is 1. The van der Waals surface area contributed by atoms with E-state index in [0.29, 0.717) is 17.0 Å². The van der Waals surface area contributed by atoms with Gasteiger partial charge in [-0.1, -0.05) is 17.7 Å². The number of aromatic nitrogens is 2. The summed E-state index contributed by atoms with van der Waals surface area (Å²) >= 11 is 6.07. The van der Waals surface area contributed by atoms with Crippen LogP contribution in [0.1, 0.15) is 48.6 Å². The number of ether oxygens (including phenoxy) is 1. The van der Waals surface area contributed by atoms with Crippen molar-refractivity contribution in [3.8, 4) is 11.6 Å². The molecule has 0 amide bonds. The van der Waals surface area contributed by atoms with Crippen molar-refractivity contribution in [2.24, 2.45) is 0 Å². The molecule has 0 atom stereocenters. The molecule has 108 valence electrons. The molecule has 2 aliphatic rings. The van der Waals surface area contributed by atoms with Gasteiger partial charge in [0.2, 0.25) is 5.88 Å². The van der Waals surface area contributed by atoms with Crippen LogP contribution in [0.25, 0.3) is 0 Å². The van der Waals surface area contributed by atoms with Crippen LogP contribution in [0.5, 0.6) is 11.6 Å². The van der Waals surface area contributed by atoms with Crippen LogP contribution in [-0.4, -0.2) is 9.97 Å². The Morgan fingerprint density at radius 2 is 1.81 bits per heavy atom. The molecule has 4 rings (SSSR count). The Morgan fingerprint density at radius 3 is 2.62 bits per heavy atom. The van der Waals surface area contributed by atoms with E-state index in [-0.39, 0.29) is 0 Å². The molecule has 1 heterocycles. The maximum Gasteiger partial charge on any atom is 0.224 e. The van der Waals surface area contributed by atoms with E-state index in [1.807, 2.05) is 6.07 Å². The molecular weight excluding hydrogens is 284 g/mol. The molecule has 21 heavy (non-hydrogen) atoms. The first-order valence-electron chi connectivity index (χ1n) is 7.62. The van der Waals surface area contributed by atoms with Gasteiger partial charge >= 0.3 is 0 Å². The topological polar surface area (TPSA) is 35.0 Å². The number of nitrogens with zero attached hydrogens (tertiary/aromatic N) is 2. The first kappa shape index (κ1) is 13.1. The zero-order chi connectivity index (χ0) is 14.2. The third-order valence-electron chi connectivity index (χ3n) is 4.17. The van der Waals surface area contributed by atoms with Crippen molar-refractivity contribution < 1.29 is 4.74 Å². The first-order chi connectivity index (χ1) is 10.3. The van der Waals surface area contributed by atoms with Crippen molar-refractivity contribution in [1.82, 2.24) is 9.97 Å². The third kappa shape index (κ3) is 2.88. The van der Waals surface area contributed by atoms with Gasteiger partial charge < -0.3 is 4.74 Å². The zero-order valence-electron chi connectivity index (χ0n) is 11.8. The minimum atomic E-state index is 0.458. The minimum Gasteiger partial charge on any atom is -0.439 e. The standard InChI is InChI=1S/C17H17ClN2O/c18-15-10-16(20-17(19-15)12-5-6-12)21-14-8-7-11-3-1-2-4-13(11)9-14/h7-10,12H,1-6H2. The second-order valence-electron chi connectivity index (χ2n) is 5.90. The lowest BCUT2D eigenvalue weighted by atomic mass is 9.92. The van der Waals surface area contributed by atoms with Gasteiger partial charge in [0.1, 0.15) is 16.7 Å². The summed E-state index contributed by atoms with van der Waals surface area (Å²) in [7, 11) is 0. The SMILES string of the molecule is Clc1cc(Oc2ccc3c(c2)CCCC3)nc(C2CC2)n1. The van der Waals surface area contributed by atoms with Gasteiger partial charge in [-0.05, 0) is 61.8 Å². The van der Waals surface area contributed by atoms with Gasteiger partial charge in [-0.2, -0.15) is 4.98 Å². The van der Waals surface area contributed by atoms with Gasteiger partial charge in [0.25, 0.3) is 0 Å². The van der Waals surface area contributed by atoms with E-state index in [4.69, 9.17) is 16.3 Å². The van der Waals surface area contributed by atoms with Crippen LogP contribution < -0.4 is 4.74 Å². The van der Waals surface area contributed by atoms with Crippen LogP contribution in [0.4, 0.5) is 0 Å². The number of benzene rings is 1. The summed E-state index contributed by atoms with van der Waals surface area (Å²) < 4.78 is 5.91. The van der Waals surface area contributed by atoms with Crippen molar-refractivity contribution in [2.75, 3.05) is 0 Å². The van der Waals surface area contributed by atoms with Crippen LogP contribution in [0.15, 0.2) is 24.3 Å². The van der Waals surface area contributed by atoms with E-state index in [1.165, 1.54) is 30.4 Å². The summed E-state index contributed by atoms with van der Waals surface area (Å²) in [5, 5.41) is 0.458. The number of rotatable bonds is 3. The Bertz CT molecular complexity index is 682. The molecule has 1 aromatic heterocycles. The molecule has 4 heteroatoms. The fraction of sp³-hybridized carbons (Fsp3) is 0.412. The fourth-order valence-corrected chi connectivity index (χ4v) is 3.06. The van der Waals surface area contributed by atoms with Gasteiger partial charge in [0.05, 0.1) is 0 Å². The van der Waals surface area contributed by atoms with E-state index in [0.717, 1.165) is 30.8 Å². The first-order valence-corrected chi connectivity index (χ1v) is 8.00. The quantitative estimate of drug-likeness (QED) is 0.772. The second-order valence-corrected chi connectivity index (χ2v) is 6.29. The Kier molecular flexibility index (Phi) is 3.30. The summed E-state index contributed by atoms with van der Waals surface area (Å²) in [6, 6.07) is 8.03. The molecule has 0 N–H and O–H groups in total. The lowest BCUT2D eigenvalue weighted by Gasteiger charge is -2.16. The molecule has 1 aromatic carbocycles. The Labute approximate surface area is 129 Å². The molecule has 1 fully saturated rings. The van der Waals surface area contributed by atoms with Crippen LogP contribution in [-0.2, 0) is 12.8 Å². The maximum absolute atomic E-state index is 6.07. The molecule has 3 nitrogen and oxygen atoms in total. The predicted molar refractivity (Wildman–Crippen MR) is 82.2 cm³/mol. The van der Waals surface area contributed by atoms with Crippen LogP contribution in [0.2, 0.25) is 5.15 Å². The predicted octanol–water partition coefficient (Wildman–Crippen LogP) is 4.68. The summed E-state index contributed by atoms with van der Waals surface area (Å²) in [4.78, 5) is 8.77. The van der Waals surface area contributed by atoms with Crippen LogP contribution >= 0.6 is 11.6 Å². The van der Waals surface area contributed by atoms with Gasteiger partial charge in [0, 0.05) is 12.0 Å². The summed E-state index contributed by atoms with van der Waals surface area (Å²) in [5.41, 5.74) is 2.86. The number of fused-ring (bicyclic) bond motifs is 1.